The lowest BCUT2D eigenvalue weighted by Crippen LogP contribution is -2.35. The summed E-state index contributed by atoms with van der Waals surface area (Å²) in [5.74, 6) is 0. The lowest BCUT2D eigenvalue weighted by atomic mass is 9.99. The van der Waals surface area contributed by atoms with E-state index in [0.29, 0.717) is 12.1 Å². The van der Waals surface area contributed by atoms with E-state index in [1.807, 2.05) is 0 Å². The highest BCUT2D eigenvalue weighted by Crippen LogP contribution is 2.18. The quantitative estimate of drug-likeness (QED) is 0.701. The monoisotopic (exact) mass is 213 g/mol. The Bertz CT molecular complexity index is 143. The van der Waals surface area contributed by atoms with Crippen molar-refractivity contribution in [3.8, 4) is 0 Å². The van der Waals surface area contributed by atoms with Gasteiger partial charge in [0, 0.05) is 12.6 Å². The molecule has 15 heavy (non-hydrogen) atoms. The summed E-state index contributed by atoms with van der Waals surface area (Å²) in [5.41, 5.74) is 0. The molecule has 2 heteroatoms. The van der Waals surface area contributed by atoms with Gasteiger partial charge in [0.2, 0.25) is 0 Å². The molecule has 1 saturated heterocycles. The van der Waals surface area contributed by atoms with Crippen molar-refractivity contribution >= 4 is 0 Å². The fourth-order valence-electron chi connectivity index (χ4n) is 2.31. The number of ether oxygens (including phenoxy) is 1. The molecule has 0 amide bonds. The van der Waals surface area contributed by atoms with E-state index >= 15 is 0 Å². The van der Waals surface area contributed by atoms with E-state index in [9.17, 15) is 0 Å². The minimum absolute atomic E-state index is 0.527. The molecule has 1 heterocycles. The van der Waals surface area contributed by atoms with Crippen molar-refractivity contribution in [2.75, 3.05) is 13.2 Å². The highest BCUT2D eigenvalue weighted by atomic mass is 16.5. The van der Waals surface area contributed by atoms with Crippen LogP contribution in [0, 0.1) is 0 Å². The summed E-state index contributed by atoms with van der Waals surface area (Å²) in [5, 5.41) is 3.64. The fraction of sp³-hybridized carbons (Fsp3) is 1.00. The molecule has 1 fully saturated rings. The van der Waals surface area contributed by atoms with Gasteiger partial charge < -0.3 is 10.1 Å². The molecular formula is C13H27NO. The van der Waals surface area contributed by atoms with Crippen molar-refractivity contribution in [1.82, 2.24) is 5.32 Å². The van der Waals surface area contributed by atoms with E-state index in [2.05, 4.69) is 19.2 Å². The topological polar surface area (TPSA) is 21.3 Å². The summed E-state index contributed by atoms with van der Waals surface area (Å²) in [7, 11) is 0. The molecule has 0 radical (unpaired) electrons. The van der Waals surface area contributed by atoms with Gasteiger partial charge in [-0.3, -0.25) is 0 Å². The molecule has 0 bridgehead atoms. The minimum atomic E-state index is 0.527. The third-order valence-electron chi connectivity index (χ3n) is 3.14. The molecule has 1 aliphatic rings. The van der Waals surface area contributed by atoms with Crippen LogP contribution in [-0.4, -0.2) is 25.3 Å². The smallest absolute Gasteiger partial charge is 0.0590 e. The molecule has 1 rings (SSSR count). The zero-order valence-electron chi connectivity index (χ0n) is 10.4. The third kappa shape index (κ3) is 5.53. The van der Waals surface area contributed by atoms with Crippen LogP contribution < -0.4 is 5.32 Å². The first-order chi connectivity index (χ1) is 7.36. The van der Waals surface area contributed by atoms with Gasteiger partial charge in [0.25, 0.3) is 0 Å². The lowest BCUT2D eigenvalue weighted by molar-refractivity contribution is 0.00469. The molecule has 0 aromatic heterocycles. The van der Waals surface area contributed by atoms with Crippen LogP contribution in [0.25, 0.3) is 0 Å². The zero-order chi connectivity index (χ0) is 10.9. The Morgan fingerprint density at radius 2 is 2.13 bits per heavy atom. The molecule has 90 valence electrons. The largest absolute Gasteiger partial charge is 0.378 e. The standard InChI is InChI=1S/C13H27NO/c1-3-7-12(14-9-4-2)11-13-8-5-6-10-15-13/h12-14H,3-11H2,1-2H3. The Hall–Kier alpha value is -0.0800. The minimum Gasteiger partial charge on any atom is -0.378 e. The Morgan fingerprint density at radius 1 is 1.27 bits per heavy atom. The van der Waals surface area contributed by atoms with Crippen LogP contribution in [-0.2, 0) is 4.74 Å². The van der Waals surface area contributed by atoms with Crippen LogP contribution in [0.15, 0.2) is 0 Å². The maximum absolute atomic E-state index is 5.79. The highest BCUT2D eigenvalue weighted by molar-refractivity contribution is 4.74. The summed E-state index contributed by atoms with van der Waals surface area (Å²) in [6.07, 6.45) is 9.43. The van der Waals surface area contributed by atoms with Gasteiger partial charge in [0.15, 0.2) is 0 Å². The Labute approximate surface area is 94.8 Å². The van der Waals surface area contributed by atoms with Crippen molar-refractivity contribution in [3.05, 3.63) is 0 Å². The fourth-order valence-corrected chi connectivity index (χ4v) is 2.31. The van der Waals surface area contributed by atoms with Crippen LogP contribution in [0.5, 0.6) is 0 Å². The van der Waals surface area contributed by atoms with Crippen LogP contribution in [0.1, 0.15) is 58.8 Å². The number of rotatable bonds is 7. The van der Waals surface area contributed by atoms with Crippen LogP contribution in [0.3, 0.4) is 0 Å². The normalized spacial score (nSPS) is 24.0. The van der Waals surface area contributed by atoms with Gasteiger partial charge in [0.1, 0.15) is 0 Å². The first kappa shape index (κ1) is 13.0. The molecule has 2 nitrogen and oxygen atoms in total. The van der Waals surface area contributed by atoms with E-state index in [1.165, 1.54) is 44.9 Å². The second kappa shape index (κ2) is 8.12. The molecular weight excluding hydrogens is 186 g/mol. The van der Waals surface area contributed by atoms with E-state index in [1.54, 1.807) is 0 Å². The van der Waals surface area contributed by atoms with Crippen LogP contribution in [0.2, 0.25) is 0 Å². The number of hydrogen-bond donors (Lipinski definition) is 1. The first-order valence-corrected chi connectivity index (χ1v) is 6.71. The molecule has 0 spiro atoms. The van der Waals surface area contributed by atoms with Gasteiger partial charge in [-0.25, -0.2) is 0 Å². The summed E-state index contributed by atoms with van der Waals surface area (Å²) in [6.45, 7) is 6.63. The highest BCUT2D eigenvalue weighted by Gasteiger charge is 2.18. The van der Waals surface area contributed by atoms with E-state index in [-0.39, 0.29) is 0 Å². The van der Waals surface area contributed by atoms with E-state index in [0.717, 1.165) is 13.2 Å². The van der Waals surface area contributed by atoms with E-state index < -0.39 is 0 Å². The summed E-state index contributed by atoms with van der Waals surface area (Å²) >= 11 is 0. The van der Waals surface area contributed by atoms with Gasteiger partial charge in [-0.2, -0.15) is 0 Å². The SMILES string of the molecule is CCCNC(CCC)CC1CCCCO1. The molecule has 0 aliphatic carbocycles. The van der Waals surface area contributed by atoms with Crippen molar-refractivity contribution in [2.24, 2.45) is 0 Å². The second-order valence-corrected chi connectivity index (χ2v) is 4.66. The summed E-state index contributed by atoms with van der Waals surface area (Å²) < 4.78 is 5.79. The van der Waals surface area contributed by atoms with Gasteiger partial charge >= 0.3 is 0 Å². The average molecular weight is 213 g/mol. The maximum Gasteiger partial charge on any atom is 0.0590 e. The lowest BCUT2D eigenvalue weighted by Gasteiger charge is -2.27. The van der Waals surface area contributed by atoms with E-state index in [4.69, 9.17) is 4.74 Å². The molecule has 1 aliphatic heterocycles. The molecule has 0 aromatic carbocycles. The van der Waals surface area contributed by atoms with Crippen molar-refractivity contribution in [3.63, 3.8) is 0 Å². The summed E-state index contributed by atoms with van der Waals surface area (Å²) in [4.78, 5) is 0. The maximum atomic E-state index is 5.79. The molecule has 2 atom stereocenters. The van der Waals surface area contributed by atoms with Gasteiger partial charge in [-0.15, -0.1) is 0 Å². The van der Waals surface area contributed by atoms with Crippen LogP contribution in [0.4, 0.5) is 0 Å². The Kier molecular flexibility index (Phi) is 7.03. The molecule has 1 N–H and O–H groups in total. The number of hydrogen-bond acceptors (Lipinski definition) is 2. The van der Waals surface area contributed by atoms with Crippen molar-refractivity contribution < 1.29 is 4.74 Å². The zero-order valence-corrected chi connectivity index (χ0v) is 10.4. The molecule has 0 aromatic rings. The number of nitrogens with one attached hydrogen (secondary N) is 1. The predicted molar refractivity (Wildman–Crippen MR) is 65.2 cm³/mol. The van der Waals surface area contributed by atoms with Crippen molar-refractivity contribution in [1.29, 1.82) is 0 Å². The Morgan fingerprint density at radius 3 is 2.73 bits per heavy atom. The first-order valence-electron chi connectivity index (χ1n) is 6.71. The van der Waals surface area contributed by atoms with Gasteiger partial charge in [-0.1, -0.05) is 20.3 Å². The van der Waals surface area contributed by atoms with Gasteiger partial charge in [-0.05, 0) is 45.1 Å². The average Bonchev–Trinajstić information content (AvgIpc) is 2.28. The Balaban J connectivity index is 2.21. The molecule has 0 saturated carbocycles. The second-order valence-electron chi connectivity index (χ2n) is 4.66. The third-order valence-corrected chi connectivity index (χ3v) is 3.14. The molecule has 2 unspecified atom stereocenters. The van der Waals surface area contributed by atoms with Crippen LogP contribution >= 0.6 is 0 Å². The predicted octanol–water partition coefficient (Wildman–Crippen LogP) is 3.11. The van der Waals surface area contributed by atoms with Crippen molar-refractivity contribution in [2.45, 2.75) is 70.9 Å². The van der Waals surface area contributed by atoms with Gasteiger partial charge in [0.05, 0.1) is 6.10 Å². The summed E-state index contributed by atoms with van der Waals surface area (Å²) in [6, 6.07) is 0.679.